The zero-order chi connectivity index (χ0) is 25.1. The number of fused-ring (bicyclic) bond motifs is 1. The third-order valence-electron chi connectivity index (χ3n) is 6.50. The summed E-state index contributed by atoms with van der Waals surface area (Å²) in [6.45, 7) is 10.2. The number of benzene rings is 2. The van der Waals surface area contributed by atoms with E-state index in [0.29, 0.717) is 31.2 Å². The van der Waals surface area contributed by atoms with Gasteiger partial charge < -0.3 is 18.5 Å². The van der Waals surface area contributed by atoms with Gasteiger partial charge in [-0.05, 0) is 41.5 Å². The number of furan rings is 1. The predicted molar refractivity (Wildman–Crippen MR) is 138 cm³/mol. The topological polar surface area (TPSA) is 72.0 Å². The first-order valence-electron chi connectivity index (χ1n) is 12.5. The average molecular weight is 488 g/mol. The molecule has 4 aromatic rings. The van der Waals surface area contributed by atoms with Crippen molar-refractivity contribution in [2.24, 2.45) is 0 Å². The standard InChI is InChI=1S/C29H33N3O4/c1-29(2,3)26-18-30-27(36-26)19-31-13-6-14-32(16-15-31)28(33)25-12-11-24(35-25)20-34-23-10-9-21-7-4-5-8-22(21)17-23/h4-5,7-12,17-18H,6,13-16,19-20H2,1-3H3. The second-order valence-electron chi connectivity index (χ2n) is 10.4. The molecule has 0 radical (unpaired) electrons. The zero-order valence-corrected chi connectivity index (χ0v) is 21.2. The Kier molecular flexibility index (Phi) is 6.83. The maximum Gasteiger partial charge on any atom is 0.289 e. The largest absolute Gasteiger partial charge is 0.486 e. The van der Waals surface area contributed by atoms with Gasteiger partial charge in [-0.3, -0.25) is 9.69 Å². The molecule has 188 valence electrons. The molecule has 0 bridgehead atoms. The van der Waals surface area contributed by atoms with Crippen molar-refractivity contribution < 1.29 is 18.4 Å². The highest BCUT2D eigenvalue weighted by molar-refractivity contribution is 5.91. The number of hydrogen-bond donors (Lipinski definition) is 0. The fourth-order valence-electron chi connectivity index (χ4n) is 4.39. The van der Waals surface area contributed by atoms with Gasteiger partial charge in [0.2, 0.25) is 5.89 Å². The van der Waals surface area contributed by atoms with Crippen molar-refractivity contribution in [2.45, 2.75) is 45.8 Å². The first-order valence-corrected chi connectivity index (χ1v) is 12.5. The molecule has 0 unspecified atom stereocenters. The third-order valence-corrected chi connectivity index (χ3v) is 6.50. The number of oxazole rings is 1. The van der Waals surface area contributed by atoms with Crippen molar-refractivity contribution in [3.05, 3.63) is 84.0 Å². The van der Waals surface area contributed by atoms with Crippen LogP contribution in [0, 0.1) is 0 Å². The van der Waals surface area contributed by atoms with Crippen LogP contribution in [0.5, 0.6) is 5.75 Å². The Balaban J connectivity index is 1.15. The molecule has 3 heterocycles. The van der Waals surface area contributed by atoms with Crippen molar-refractivity contribution in [3.63, 3.8) is 0 Å². The summed E-state index contributed by atoms with van der Waals surface area (Å²) in [5.41, 5.74) is -0.0599. The van der Waals surface area contributed by atoms with E-state index in [9.17, 15) is 4.79 Å². The minimum absolute atomic E-state index is 0.0599. The maximum atomic E-state index is 13.1. The van der Waals surface area contributed by atoms with Crippen LogP contribution in [0.15, 0.2) is 69.6 Å². The fourth-order valence-corrected chi connectivity index (χ4v) is 4.39. The molecule has 0 atom stereocenters. The summed E-state index contributed by atoms with van der Waals surface area (Å²) in [6.07, 6.45) is 2.71. The normalized spacial score (nSPS) is 15.2. The van der Waals surface area contributed by atoms with Crippen LogP contribution in [0.2, 0.25) is 0 Å². The molecular formula is C29H33N3O4. The summed E-state index contributed by atoms with van der Waals surface area (Å²) < 4.78 is 17.7. The molecule has 7 nitrogen and oxygen atoms in total. The quantitative estimate of drug-likeness (QED) is 0.350. The number of hydrogen-bond acceptors (Lipinski definition) is 6. The number of rotatable bonds is 6. The molecule has 0 N–H and O–H groups in total. The van der Waals surface area contributed by atoms with Crippen LogP contribution in [0.1, 0.15) is 55.2 Å². The van der Waals surface area contributed by atoms with Crippen molar-refractivity contribution in [1.82, 2.24) is 14.8 Å². The molecule has 1 saturated heterocycles. The van der Waals surface area contributed by atoms with E-state index in [0.717, 1.165) is 42.3 Å². The third kappa shape index (κ3) is 5.62. The van der Waals surface area contributed by atoms with Crippen LogP contribution in [0.3, 0.4) is 0 Å². The fraction of sp³-hybridized carbons (Fsp3) is 0.379. The second-order valence-corrected chi connectivity index (χ2v) is 10.4. The Hall–Kier alpha value is -3.58. The predicted octanol–water partition coefficient (Wildman–Crippen LogP) is 5.65. The number of carbonyl (C=O) groups is 1. The van der Waals surface area contributed by atoms with Crippen LogP contribution in [-0.2, 0) is 18.6 Å². The van der Waals surface area contributed by atoms with Gasteiger partial charge in [0.15, 0.2) is 5.76 Å². The highest BCUT2D eigenvalue weighted by Gasteiger charge is 2.24. The summed E-state index contributed by atoms with van der Waals surface area (Å²) in [6, 6.07) is 17.7. The first-order chi connectivity index (χ1) is 17.3. The molecule has 0 spiro atoms. The lowest BCUT2D eigenvalue weighted by molar-refractivity contribution is 0.0724. The molecule has 7 heteroatoms. The minimum Gasteiger partial charge on any atom is -0.486 e. The van der Waals surface area contributed by atoms with Crippen LogP contribution < -0.4 is 4.74 Å². The lowest BCUT2D eigenvalue weighted by atomic mass is 9.94. The van der Waals surface area contributed by atoms with Crippen LogP contribution in [-0.4, -0.2) is 46.9 Å². The number of aromatic nitrogens is 1. The second kappa shape index (κ2) is 10.2. The smallest absolute Gasteiger partial charge is 0.289 e. The maximum absolute atomic E-state index is 13.1. The van der Waals surface area contributed by atoms with Gasteiger partial charge in [-0.15, -0.1) is 0 Å². The summed E-state index contributed by atoms with van der Waals surface area (Å²) in [5.74, 6) is 3.28. The van der Waals surface area contributed by atoms with Gasteiger partial charge in [-0.1, -0.05) is 51.1 Å². The summed E-state index contributed by atoms with van der Waals surface area (Å²) in [7, 11) is 0. The molecule has 1 aliphatic rings. The van der Waals surface area contributed by atoms with E-state index in [1.165, 1.54) is 5.39 Å². The lowest BCUT2D eigenvalue weighted by Gasteiger charge is -2.20. The van der Waals surface area contributed by atoms with Crippen LogP contribution in [0.25, 0.3) is 10.8 Å². The number of amides is 1. The molecule has 1 amide bonds. The first kappa shape index (κ1) is 24.1. The zero-order valence-electron chi connectivity index (χ0n) is 21.2. The summed E-state index contributed by atoms with van der Waals surface area (Å²) in [5, 5.41) is 2.29. The molecule has 2 aromatic heterocycles. The van der Waals surface area contributed by atoms with E-state index in [2.05, 4.69) is 42.8 Å². The molecule has 0 aliphatic carbocycles. The summed E-state index contributed by atoms with van der Waals surface area (Å²) in [4.78, 5) is 21.7. The Morgan fingerprint density at radius 1 is 0.972 bits per heavy atom. The van der Waals surface area contributed by atoms with Gasteiger partial charge in [-0.2, -0.15) is 0 Å². The molecule has 36 heavy (non-hydrogen) atoms. The van der Waals surface area contributed by atoms with E-state index >= 15 is 0 Å². The van der Waals surface area contributed by atoms with Gasteiger partial charge in [0.05, 0.1) is 12.7 Å². The Labute approximate surface area is 211 Å². The lowest BCUT2D eigenvalue weighted by Crippen LogP contribution is -2.35. The van der Waals surface area contributed by atoms with Crippen molar-refractivity contribution in [2.75, 3.05) is 26.2 Å². The molecular weight excluding hydrogens is 454 g/mol. The van der Waals surface area contributed by atoms with Crippen molar-refractivity contribution in [1.29, 1.82) is 0 Å². The van der Waals surface area contributed by atoms with Gasteiger partial charge in [0, 0.05) is 31.6 Å². The van der Waals surface area contributed by atoms with E-state index in [1.54, 1.807) is 6.07 Å². The van der Waals surface area contributed by atoms with E-state index in [4.69, 9.17) is 13.6 Å². The Morgan fingerprint density at radius 3 is 2.61 bits per heavy atom. The Morgan fingerprint density at radius 2 is 1.81 bits per heavy atom. The molecule has 2 aromatic carbocycles. The summed E-state index contributed by atoms with van der Waals surface area (Å²) >= 11 is 0. The van der Waals surface area contributed by atoms with Gasteiger partial charge in [0.25, 0.3) is 5.91 Å². The van der Waals surface area contributed by atoms with Crippen LogP contribution in [0.4, 0.5) is 0 Å². The molecule has 1 fully saturated rings. The number of carbonyl (C=O) groups excluding carboxylic acids is 1. The van der Waals surface area contributed by atoms with E-state index in [1.807, 2.05) is 47.5 Å². The van der Waals surface area contributed by atoms with Gasteiger partial charge in [0.1, 0.15) is 23.9 Å². The SMILES string of the molecule is CC(C)(C)c1cnc(CN2CCCN(C(=O)c3ccc(COc4ccc5ccccc5c4)o3)CC2)o1. The van der Waals surface area contributed by atoms with Crippen LogP contribution >= 0.6 is 0 Å². The van der Waals surface area contributed by atoms with Gasteiger partial charge in [-0.25, -0.2) is 4.98 Å². The molecule has 1 aliphatic heterocycles. The molecule has 5 rings (SSSR count). The van der Waals surface area contributed by atoms with E-state index < -0.39 is 0 Å². The Bertz CT molecular complexity index is 1330. The number of ether oxygens (including phenoxy) is 1. The van der Waals surface area contributed by atoms with Crippen molar-refractivity contribution >= 4 is 16.7 Å². The monoisotopic (exact) mass is 487 g/mol. The minimum atomic E-state index is -0.0834. The highest BCUT2D eigenvalue weighted by Crippen LogP contribution is 2.24. The molecule has 0 saturated carbocycles. The average Bonchev–Trinajstić information content (AvgIpc) is 3.48. The highest BCUT2D eigenvalue weighted by atomic mass is 16.5. The number of nitrogens with zero attached hydrogens (tertiary/aromatic N) is 3. The van der Waals surface area contributed by atoms with E-state index in [-0.39, 0.29) is 17.9 Å². The van der Waals surface area contributed by atoms with Gasteiger partial charge >= 0.3 is 0 Å². The van der Waals surface area contributed by atoms with Crippen molar-refractivity contribution in [3.8, 4) is 5.75 Å².